The van der Waals surface area contributed by atoms with Crippen LogP contribution in [0.25, 0.3) is 0 Å². The molecule has 1 aromatic carbocycles. The van der Waals surface area contributed by atoms with Gasteiger partial charge in [-0.3, -0.25) is 9.36 Å². The Hall–Kier alpha value is -2.05. The normalized spacial score (nSPS) is 11.7. The van der Waals surface area contributed by atoms with E-state index in [1.807, 2.05) is 37.3 Å². The minimum Gasteiger partial charge on any atom is -0.266 e. The highest BCUT2D eigenvalue weighted by Gasteiger charge is 2.19. The monoisotopic (exact) mass is 512 g/mol. The molecule has 13 heteroatoms. The van der Waals surface area contributed by atoms with Crippen molar-refractivity contribution in [3.05, 3.63) is 59.4 Å². The lowest BCUT2D eigenvalue weighted by Crippen LogP contribution is -2.07. The van der Waals surface area contributed by atoms with Gasteiger partial charge < -0.3 is 0 Å². The van der Waals surface area contributed by atoms with E-state index in [4.69, 9.17) is 10.7 Å². The van der Waals surface area contributed by atoms with Crippen molar-refractivity contribution in [2.75, 3.05) is 0 Å². The van der Waals surface area contributed by atoms with Gasteiger partial charge in [-0.1, -0.05) is 42.1 Å². The zero-order valence-electron chi connectivity index (χ0n) is 17.1. The third-order valence-corrected chi connectivity index (χ3v) is 6.36. The predicted molar refractivity (Wildman–Crippen MR) is 115 cm³/mol. The van der Waals surface area contributed by atoms with Crippen molar-refractivity contribution in [2.45, 2.75) is 55.6 Å². The van der Waals surface area contributed by atoms with Crippen molar-refractivity contribution in [1.82, 2.24) is 19.6 Å². The molecule has 0 radical (unpaired) electrons. The molecule has 0 atom stereocenters. The lowest BCUT2D eigenvalue weighted by molar-refractivity contribution is 0.120. The maximum absolute atomic E-state index is 12.2. The molecule has 32 heavy (non-hydrogen) atoms. The SMILES string of the molecule is Cc1cn(CC(F)F)nc1S(=O)(=O)Cl.Cc1cn(CC(F)F)nc1SCc1ccccc1. The molecule has 0 saturated heterocycles. The van der Waals surface area contributed by atoms with Crippen molar-refractivity contribution < 1.29 is 26.0 Å². The van der Waals surface area contributed by atoms with Crippen LogP contribution in [0.15, 0.2) is 52.8 Å². The molecule has 0 unspecified atom stereocenters. The van der Waals surface area contributed by atoms with Crippen LogP contribution in [0.4, 0.5) is 17.6 Å². The smallest absolute Gasteiger partial charge is 0.266 e. The van der Waals surface area contributed by atoms with E-state index in [0.717, 1.165) is 21.0 Å². The van der Waals surface area contributed by atoms with Crippen molar-refractivity contribution >= 4 is 31.5 Å². The molecular formula is C19H21ClF4N4O2S2. The maximum Gasteiger partial charge on any atom is 0.280 e. The number of aromatic nitrogens is 4. The van der Waals surface area contributed by atoms with Gasteiger partial charge in [0.25, 0.3) is 21.9 Å². The first kappa shape index (κ1) is 26.2. The van der Waals surface area contributed by atoms with E-state index in [0.29, 0.717) is 0 Å². The summed E-state index contributed by atoms with van der Waals surface area (Å²) in [6.45, 7) is 2.34. The summed E-state index contributed by atoms with van der Waals surface area (Å²) in [5, 5.41) is 8.05. The Balaban J connectivity index is 0.000000235. The molecule has 0 bridgehead atoms. The first-order chi connectivity index (χ1) is 15.0. The Labute approximate surface area is 192 Å². The number of aryl methyl sites for hydroxylation is 2. The topological polar surface area (TPSA) is 69.8 Å². The second-order valence-electron chi connectivity index (χ2n) is 6.67. The van der Waals surface area contributed by atoms with Crippen LogP contribution < -0.4 is 0 Å². The number of hydrogen-bond acceptors (Lipinski definition) is 5. The fourth-order valence-corrected chi connectivity index (χ4v) is 4.62. The Kier molecular flexibility index (Phi) is 9.59. The molecule has 2 heterocycles. The number of alkyl halides is 4. The van der Waals surface area contributed by atoms with E-state index in [9.17, 15) is 26.0 Å². The number of rotatable bonds is 8. The number of thioether (sulfide) groups is 1. The largest absolute Gasteiger partial charge is 0.280 e. The molecule has 3 aromatic rings. The Morgan fingerprint density at radius 3 is 1.97 bits per heavy atom. The summed E-state index contributed by atoms with van der Waals surface area (Å²) in [4.78, 5) is 0. The minimum atomic E-state index is -3.95. The fourth-order valence-electron chi connectivity index (χ4n) is 2.59. The van der Waals surface area contributed by atoms with E-state index >= 15 is 0 Å². The van der Waals surface area contributed by atoms with Gasteiger partial charge in [-0.25, -0.2) is 26.0 Å². The van der Waals surface area contributed by atoms with Crippen molar-refractivity contribution in [2.24, 2.45) is 0 Å². The van der Waals surface area contributed by atoms with E-state index in [1.165, 1.54) is 23.4 Å². The van der Waals surface area contributed by atoms with Crippen LogP contribution in [0, 0.1) is 13.8 Å². The lowest BCUT2D eigenvalue weighted by Gasteiger charge is -2.00. The first-order valence-corrected chi connectivity index (χ1v) is 12.5. The van der Waals surface area contributed by atoms with Gasteiger partial charge in [0.05, 0.1) is 0 Å². The molecular weight excluding hydrogens is 492 g/mol. The van der Waals surface area contributed by atoms with Crippen LogP contribution >= 0.6 is 22.4 Å². The summed E-state index contributed by atoms with van der Waals surface area (Å²) in [5.74, 6) is 0.799. The highest BCUT2D eigenvalue weighted by molar-refractivity contribution is 8.13. The van der Waals surface area contributed by atoms with E-state index < -0.39 is 28.4 Å². The quantitative estimate of drug-likeness (QED) is 0.238. The lowest BCUT2D eigenvalue weighted by atomic mass is 10.2. The second-order valence-corrected chi connectivity index (χ2v) is 10.1. The summed E-state index contributed by atoms with van der Waals surface area (Å²) in [5.41, 5.74) is 2.39. The van der Waals surface area contributed by atoms with Crippen LogP contribution in [0.2, 0.25) is 0 Å². The summed E-state index contributed by atoms with van der Waals surface area (Å²) in [6, 6.07) is 10.0. The first-order valence-electron chi connectivity index (χ1n) is 9.21. The van der Waals surface area contributed by atoms with Gasteiger partial charge in [-0.05, 0) is 19.4 Å². The highest BCUT2D eigenvalue weighted by Crippen LogP contribution is 2.24. The van der Waals surface area contributed by atoms with Crippen LogP contribution in [-0.4, -0.2) is 40.8 Å². The Morgan fingerprint density at radius 1 is 0.938 bits per heavy atom. The van der Waals surface area contributed by atoms with Crippen LogP contribution in [0.5, 0.6) is 0 Å². The molecule has 0 aliphatic heterocycles. The van der Waals surface area contributed by atoms with E-state index in [1.54, 1.807) is 18.0 Å². The molecule has 0 aliphatic rings. The highest BCUT2D eigenvalue weighted by atomic mass is 35.7. The average Bonchev–Trinajstić information content (AvgIpc) is 3.22. The van der Waals surface area contributed by atoms with Crippen molar-refractivity contribution in [1.29, 1.82) is 0 Å². The molecule has 0 fully saturated rings. The molecule has 3 rings (SSSR count). The number of hydrogen-bond donors (Lipinski definition) is 0. The van der Waals surface area contributed by atoms with Gasteiger partial charge >= 0.3 is 0 Å². The fraction of sp³-hybridized carbons (Fsp3) is 0.368. The van der Waals surface area contributed by atoms with Crippen LogP contribution in [0.1, 0.15) is 16.7 Å². The number of halogens is 5. The third kappa shape index (κ3) is 8.47. The zero-order chi connectivity index (χ0) is 23.9. The van der Waals surface area contributed by atoms with Crippen LogP contribution in [0.3, 0.4) is 0 Å². The molecule has 0 N–H and O–H groups in total. The summed E-state index contributed by atoms with van der Waals surface area (Å²) < 4.78 is 72.2. The summed E-state index contributed by atoms with van der Waals surface area (Å²) in [6.07, 6.45) is -2.07. The third-order valence-electron chi connectivity index (χ3n) is 3.90. The molecule has 0 aliphatic carbocycles. The number of nitrogens with zero attached hydrogens (tertiary/aromatic N) is 4. The zero-order valence-corrected chi connectivity index (χ0v) is 19.5. The Morgan fingerprint density at radius 2 is 1.47 bits per heavy atom. The van der Waals surface area contributed by atoms with Gasteiger partial charge in [-0.2, -0.15) is 10.2 Å². The average molecular weight is 513 g/mol. The standard InChI is InChI=1S/C13H14F2N2S.C6H7ClF2N2O2S/c1-10-7-17(8-12(14)15)16-13(10)18-9-11-5-3-2-4-6-11;1-4-2-11(3-5(8)9)10-6(4)14(7,12)13/h2-7,12H,8-9H2,1H3;2,5H,3H2,1H3. The molecule has 0 spiro atoms. The van der Waals surface area contributed by atoms with E-state index in [2.05, 4.69) is 10.2 Å². The van der Waals surface area contributed by atoms with Gasteiger partial charge in [0.2, 0.25) is 0 Å². The predicted octanol–water partition coefficient (Wildman–Crippen LogP) is 5.13. The maximum atomic E-state index is 12.2. The van der Waals surface area contributed by atoms with Gasteiger partial charge in [-0.15, -0.1) is 0 Å². The van der Waals surface area contributed by atoms with E-state index in [-0.39, 0.29) is 17.1 Å². The molecule has 0 amide bonds. The summed E-state index contributed by atoms with van der Waals surface area (Å²) >= 11 is 1.57. The van der Waals surface area contributed by atoms with Gasteiger partial charge in [0, 0.05) is 40.0 Å². The Bertz CT molecular complexity index is 1110. The van der Waals surface area contributed by atoms with Gasteiger partial charge in [0.15, 0.2) is 5.03 Å². The molecule has 6 nitrogen and oxygen atoms in total. The second kappa shape index (κ2) is 11.7. The number of benzene rings is 1. The molecule has 176 valence electrons. The minimum absolute atomic E-state index is 0.251. The van der Waals surface area contributed by atoms with Crippen molar-refractivity contribution in [3.8, 4) is 0 Å². The van der Waals surface area contributed by atoms with Crippen molar-refractivity contribution in [3.63, 3.8) is 0 Å². The van der Waals surface area contributed by atoms with Crippen LogP contribution in [-0.2, 0) is 27.9 Å². The molecule has 0 saturated carbocycles. The molecule has 2 aromatic heterocycles. The summed E-state index contributed by atoms with van der Waals surface area (Å²) in [7, 11) is 1.07. The van der Waals surface area contributed by atoms with Gasteiger partial charge in [0.1, 0.15) is 18.1 Å².